The second-order valence-corrected chi connectivity index (χ2v) is 3.88. The van der Waals surface area contributed by atoms with Gasteiger partial charge in [-0.15, -0.1) is 0 Å². The number of hydrogen-bond donors (Lipinski definition) is 1. The van der Waals surface area contributed by atoms with Crippen LogP contribution >= 0.6 is 0 Å². The number of nitrogens with one attached hydrogen (secondary N) is 1. The average Bonchev–Trinajstić information content (AvgIpc) is 2.92. The molecule has 0 saturated carbocycles. The first-order valence-corrected chi connectivity index (χ1v) is 5.92. The van der Waals surface area contributed by atoms with Crippen LogP contribution in [0.15, 0.2) is 47.1 Å². The second kappa shape index (κ2) is 6.58. The Balaban J connectivity index is 1.68. The average molecular weight is 263 g/mol. The van der Waals surface area contributed by atoms with E-state index in [1.165, 1.54) is 12.1 Å². The zero-order chi connectivity index (χ0) is 13.5. The summed E-state index contributed by atoms with van der Waals surface area (Å²) in [5.74, 6) is 0.232. The molecule has 0 unspecified atom stereocenters. The molecule has 4 nitrogen and oxygen atoms in total. The molecule has 1 amide bonds. The van der Waals surface area contributed by atoms with Crippen molar-refractivity contribution in [1.82, 2.24) is 5.32 Å². The maximum Gasteiger partial charge on any atom is 0.223 e. The maximum atomic E-state index is 13.2. The van der Waals surface area contributed by atoms with Gasteiger partial charge in [-0.1, -0.05) is 12.1 Å². The molecule has 0 atom stereocenters. The van der Waals surface area contributed by atoms with Gasteiger partial charge in [0.2, 0.25) is 5.91 Å². The quantitative estimate of drug-likeness (QED) is 0.871. The number of rotatable bonds is 6. The first kappa shape index (κ1) is 13.1. The zero-order valence-electron chi connectivity index (χ0n) is 10.3. The van der Waals surface area contributed by atoms with E-state index in [9.17, 15) is 9.18 Å². The van der Waals surface area contributed by atoms with Crippen LogP contribution in [0.1, 0.15) is 12.2 Å². The second-order valence-electron chi connectivity index (χ2n) is 3.88. The molecular formula is C14H14FNO3. The molecule has 0 fully saturated rings. The fourth-order valence-corrected chi connectivity index (χ4v) is 1.50. The van der Waals surface area contributed by atoms with Crippen LogP contribution in [0, 0.1) is 5.82 Å². The molecule has 0 saturated heterocycles. The highest BCUT2D eigenvalue weighted by Gasteiger charge is 2.05. The third-order valence-electron chi connectivity index (χ3n) is 2.46. The van der Waals surface area contributed by atoms with Crippen LogP contribution < -0.4 is 10.1 Å². The van der Waals surface area contributed by atoms with Crippen molar-refractivity contribution < 1.29 is 18.3 Å². The Kier molecular flexibility index (Phi) is 4.55. The number of carbonyl (C=O) groups excluding carboxylic acids is 1. The predicted octanol–water partition coefficient (Wildman–Crippen LogP) is 2.50. The molecular weight excluding hydrogens is 249 g/mol. The van der Waals surface area contributed by atoms with Gasteiger partial charge in [0, 0.05) is 0 Å². The van der Waals surface area contributed by atoms with Crippen LogP contribution in [0.3, 0.4) is 0 Å². The van der Waals surface area contributed by atoms with E-state index < -0.39 is 5.82 Å². The van der Waals surface area contributed by atoms with E-state index in [2.05, 4.69) is 5.32 Å². The van der Waals surface area contributed by atoms with Gasteiger partial charge in [-0.3, -0.25) is 4.79 Å². The Bertz CT molecular complexity index is 525. The summed E-state index contributed by atoms with van der Waals surface area (Å²) in [7, 11) is 0. The van der Waals surface area contributed by atoms with E-state index in [0.29, 0.717) is 12.3 Å². The van der Waals surface area contributed by atoms with Gasteiger partial charge in [0.05, 0.1) is 25.8 Å². The molecule has 1 heterocycles. The SMILES string of the molecule is O=C(CCOc1ccccc1F)NCc1ccco1. The van der Waals surface area contributed by atoms with Crippen LogP contribution in [0.4, 0.5) is 4.39 Å². The molecule has 1 aromatic heterocycles. The van der Waals surface area contributed by atoms with Gasteiger partial charge in [-0.25, -0.2) is 4.39 Å². The van der Waals surface area contributed by atoms with Gasteiger partial charge < -0.3 is 14.5 Å². The molecule has 0 aliphatic heterocycles. The Morgan fingerprint density at radius 1 is 1.26 bits per heavy atom. The van der Waals surface area contributed by atoms with Gasteiger partial charge in [0.25, 0.3) is 0 Å². The molecule has 2 rings (SSSR count). The van der Waals surface area contributed by atoms with E-state index in [1.807, 2.05) is 0 Å². The van der Waals surface area contributed by atoms with Crippen molar-refractivity contribution in [2.24, 2.45) is 0 Å². The largest absolute Gasteiger partial charge is 0.490 e. The highest BCUT2D eigenvalue weighted by atomic mass is 19.1. The molecule has 1 N–H and O–H groups in total. The maximum absolute atomic E-state index is 13.2. The summed E-state index contributed by atoms with van der Waals surface area (Å²) in [6, 6.07) is 9.62. The molecule has 19 heavy (non-hydrogen) atoms. The lowest BCUT2D eigenvalue weighted by Gasteiger charge is -2.07. The van der Waals surface area contributed by atoms with E-state index in [4.69, 9.17) is 9.15 Å². The number of para-hydroxylation sites is 1. The highest BCUT2D eigenvalue weighted by Crippen LogP contribution is 2.15. The summed E-state index contributed by atoms with van der Waals surface area (Å²) in [6.45, 7) is 0.469. The van der Waals surface area contributed by atoms with Gasteiger partial charge in [-0.2, -0.15) is 0 Å². The van der Waals surface area contributed by atoms with Crippen molar-refractivity contribution in [3.8, 4) is 5.75 Å². The molecule has 0 aliphatic rings. The fraction of sp³-hybridized carbons (Fsp3) is 0.214. The van der Waals surface area contributed by atoms with Crippen molar-refractivity contribution in [3.63, 3.8) is 0 Å². The number of benzene rings is 1. The van der Waals surface area contributed by atoms with E-state index in [-0.39, 0.29) is 24.7 Å². The lowest BCUT2D eigenvalue weighted by atomic mass is 10.3. The molecule has 0 radical (unpaired) electrons. The number of halogens is 1. The highest BCUT2D eigenvalue weighted by molar-refractivity contribution is 5.75. The number of carbonyl (C=O) groups is 1. The summed E-state index contributed by atoms with van der Waals surface area (Å²) in [5.41, 5.74) is 0. The Hall–Kier alpha value is -2.30. The third-order valence-corrected chi connectivity index (χ3v) is 2.46. The summed E-state index contributed by atoms with van der Waals surface area (Å²) in [6.07, 6.45) is 1.71. The Labute approximate surface area is 110 Å². The van der Waals surface area contributed by atoms with Crippen LogP contribution in [0.2, 0.25) is 0 Å². The van der Waals surface area contributed by atoms with Crippen molar-refractivity contribution in [3.05, 3.63) is 54.2 Å². The van der Waals surface area contributed by atoms with Crippen molar-refractivity contribution in [2.75, 3.05) is 6.61 Å². The third kappa shape index (κ3) is 4.13. The van der Waals surface area contributed by atoms with Crippen LogP contribution in [-0.2, 0) is 11.3 Å². The molecule has 0 bridgehead atoms. The minimum atomic E-state index is -0.432. The minimum Gasteiger partial charge on any atom is -0.490 e. The van der Waals surface area contributed by atoms with Gasteiger partial charge in [0.1, 0.15) is 5.76 Å². The standard InChI is InChI=1S/C14H14FNO3/c15-12-5-1-2-6-13(12)19-9-7-14(17)16-10-11-4-3-8-18-11/h1-6,8H,7,9-10H2,(H,16,17). The zero-order valence-corrected chi connectivity index (χ0v) is 10.3. The molecule has 0 aliphatic carbocycles. The van der Waals surface area contributed by atoms with Gasteiger partial charge >= 0.3 is 0 Å². The Morgan fingerprint density at radius 3 is 2.84 bits per heavy atom. The summed E-state index contributed by atoms with van der Waals surface area (Å²) >= 11 is 0. The lowest BCUT2D eigenvalue weighted by Crippen LogP contribution is -2.24. The fourth-order valence-electron chi connectivity index (χ4n) is 1.50. The number of furan rings is 1. The summed E-state index contributed by atoms with van der Waals surface area (Å²) < 4.78 is 23.5. The number of ether oxygens (including phenoxy) is 1. The minimum absolute atomic E-state index is 0.130. The molecule has 1 aromatic carbocycles. The van der Waals surface area contributed by atoms with E-state index >= 15 is 0 Å². The lowest BCUT2D eigenvalue weighted by molar-refractivity contribution is -0.121. The number of hydrogen-bond acceptors (Lipinski definition) is 3. The topological polar surface area (TPSA) is 51.5 Å². The van der Waals surface area contributed by atoms with E-state index in [1.54, 1.807) is 30.5 Å². The first-order valence-electron chi connectivity index (χ1n) is 5.92. The Morgan fingerprint density at radius 2 is 2.11 bits per heavy atom. The smallest absolute Gasteiger partial charge is 0.223 e. The summed E-state index contributed by atoms with van der Waals surface area (Å²) in [4.78, 5) is 11.5. The molecule has 5 heteroatoms. The molecule has 0 spiro atoms. The van der Waals surface area contributed by atoms with Gasteiger partial charge in [0.15, 0.2) is 11.6 Å². The molecule has 100 valence electrons. The summed E-state index contributed by atoms with van der Waals surface area (Å²) in [5, 5.41) is 2.68. The normalized spacial score (nSPS) is 10.2. The van der Waals surface area contributed by atoms with Crippen LogP contribution in [0.25, 0.3) is 0 Å². The van der Waals surface area contributed by atoms with Crippen molar-refractivity contribution in [2.45, 2.75) is 13.0 Å². The first-order chi connectivity index (χ1) is 9.25. The van der Waals surface area contributed by atoms with Crippen LogP contribution in [0.5, 0.6) is 5.75 Å². The monoisotopic (exact) mass is 263 g/mol. The van der Waals surface area contributed by atoms with Crippen LogP contribution in [-0.4, -0.2) is 12.5 Å². The number of amides is 1. The van der Waals surface area contributed by atoms with Gasteiger partial charge in [-0.05, 0) is 24.3 Å². The van der Waals surface area contributed by atoms with Crippen molar-refractivity contribution in [1.29, 1.82) is 0 Å². The molecule has 2 aromatic rings. The predicted molar refractivity (Wildman–Crippen MR) is 67.1 cm³/mol. The van der Waals surface area contributed by atoms with E-state index in [0.717, 1.165) is 0 Å². The van der Waals surface area contributed by atoms with Crippen molar-refractivity contribution >= 4 is 5.91 Å².